The summed E-state index contributed by atoms with van der Waals surface area (Å²) in [5.74, 6) is 2.27. The molecule has 0 radical (unpaired) electrons. The van der Waals surface area contributed by atoms with Gasteiger partial charge in [0.25, 0.3) is 0 Å². The van der Waals surface area contributed by atoms with Crippen molar-refractivity contribution in [1.82, 2.24) is 25.2 Å². The van der Waals surface area contributed by atoms with Gasteiger partial charge in [-0.15, -0.1) is 0 Å². The van der Waals surface area contributed by atoms with E-state index in [1.165, 1.54) is 12.1 Å². The van der Waals surface area contributed by atoms with Crippen LogP contribution in [0.3, 0.4) is 0 Å². The predicted molar refractivity (Wildman–Crippen MR) is 109 cm³/mol. The first-order chi connectivity index (χ1) is 14.4. The van der Waals surface area contributed by atoms with Gasteiger partial charge in [0.1, 0.15) is 11.6 Å². The Balaban J connectivity index is 1.46. The fourth-order valence-electron chi connectivity index (χ4n) is 2.88. The molecule has 0 aliphatic heterocycles. The standard InChI is InChI=1S/C21H23F3N6/c1-15-26-11-12-30(15)19-8-5-17(13-28-19)14-29-20(25-2)27-10-9-16-3-6-18(7-4-16)21(22,23)24/h3-8,11-13H,9-10,14H2,1-2H3,(H2,25,27,29). The lowest BCUT2D eigenvalue weighted by molar-refractivity contribution is -0.137. The molecule has 0 bridgehead atoms. The molecule has 158 valence electrons. The monoisotopic (exact) mass is 416 g/mol. The minimum absolute atomic E-state index is 0.538. The van der Waals surface area contributed by atoms with Crippen molar-refractivity contribution < 1.29 is 13.2 Å². The minimum Gasteiger partial charge on any atom is -0.356 e. The average Bonchev–Trinajstić information content (AvgIpc) is 3.16. The Morgan fingerprint density at radius 2 is 1.77 bits per heavy atom. The van der Waals surface area contributed by atoms with Crippen LogP contribution in [0.2, 0.25) is 0 Å². The normalized spacial score (nSPS) is 12.1. The van der Waals surface area contributed by atoms with Crippen molar-refractivity contribution in [1.29, 1.82) is 0 Å². The van der Waals surface area contributed by atoms with E-state index in [1.54, 1.807) is 19.4 Å². The number of imidazole rings is 1. The molecule has 30 heavy (non-hydrogen) atoms. The molecule has 3 rings (SSSR count). The molecule has 0 atom stereocenters. The molecule has 9 heteroatoms. The molecular weight excluding hydrogens is 393 g/mol. The molecule has 0 saturated carbocycles. The summed E-state index contributed by atoms with van der Waals surface area (Å²) in [5.41, 5.74) is 1.17. The van der Waals surface area contributed by atoms with Crippen LogP contribution < -0.4 is 10.6 Å². The first-order valence-electron chi connectivity index (χ1n) is 9.43. The Labute approximate surface area is 172 Å². The van der Waals surface area contributed by atoms with Crippen molar-refractivity contribution in [2.45, 2.75) is 26.1 Å². The fraction of sp³-hybridized carbons (Fsp3) is 0.286. The summed E-state index contributed by atoms with van der Waals surface area (Å²) in [4.78, 5) is 12.8. The van der Waals surface area contributed by atoms with Crippen molar-refractivity contribution in [2.24, 2.45) is 4.99 Å². The van der Waals surface area contributed by atoms with Gasteiger partial charge >= 0.3 is 6.18 Å². The first-order valence-corrected chi connectivity index (χ1v) is 9.43. The molecule has 0 spiro atoms. The number of alkyl halides is 3. The molecule has 2 N–H and O–H groups in total. The van der Waals surface area contributed by atoms with Gasteiger partial charge in [0, 0.05) is 38.7 Å². The van der Waals surface area contributed by atoms with Crippen LogP contribution >= 0.6 is 0 Å². The molecule has 0 amide bonds. The Hall–Kier alpha value is -3.36. The van der Waals surface area contributed by atoms with Gasteiger partial charge in [0.15, 0.2) is 5.96 Å². The fourth-order valence-corrected chi connectivity index (χ4v) is 2.88. The smallest absolute Gasteiger partial charge is 0.356 e. The molecule has 0 unspecified atom stereocenters. The summed E-state index contributed by atoms with van der Waals surface area (Å²) in [5, 5.41) is 6.36. The van der Waals surface area contributed by atoms with Crippen LogP contribution in [0.1, 0.15) is 22.5 Å². The summed E-state index contributed by atoms with van der Waals surface area (Å²) in [7, 11) is 1.66. The number of nitrogens with one attached hydrogen (secondary N) is 2. The second-order valence-corrected chi connectivity index (χ2v) is 6.67. The van der Waals surface area contributed by atoms with Crippen molar-refractivity contribution in [2.75, 3.05) is 13.6 Å². The van der Waals surface area contributed by atoms with Crippen LogP contribution in [-0.4, -0.2) is 34.1 Å². The lowest BCUT2D eigenvalue weighted by atomic mass is 10.1. The first kappa shape index (κ1) is 21.4. The van der Waals surface area contributed by atoms with Crippen LogP contribution in [0.4, 0.5) is 13.2 Å². The van der Waals surface area contributed by atoms with Crippen LogP contribution in [0.25, 0.3) is 5.82 Å². The van der Waals surface area contributed by atoms with Crippen molar-refractivity contribution >= 4 is 5.96 Å². The lowest BCUT2D eigenvalue weighted by Crippen LogP contribution is -2.37. The van der Waals surface area contributed by atoms with Crippen molar-refractivity contribution in [3.05, 3.63) is 77.5 Å². The highest BCUT2D eigenvalue weighted by Crippen LogP contribution is 2.29. The third-order valence-electron chi connectivity index (χ3n) is 4.55. The molecule has 2 heterocycles. The molecule has 1 aromatic carbocycles. The Bertz CT molecular complexity index is 975. The highest BCUT2D eigenvalue weighted by Gasteiger charge is 2.29. The highest BCUT2D eigenvalue weighted by atomic mass is 19.4. The topological polar surface area (TPSA) is 67.1 Å². The molecule has 2 aromatic heterocycles. The van der Waals surface area contributed by atoms with Gasteiger partial charge in [-0.05, 0) is 42.7 Å². The van der Waals surface area contributed by atoms with E-state index in [0.717, 1.165) is 34.9 Å². The Morgan fingerprint density at radius 1 is 1.03 bits per heavy atom. The van der Waals surface area contributed by atoms with Crippen LogP contribution in [-0.2, 0) is 19.1 Å². The van der Waals surface area contributed by atoms with Gasteiger partial charge in [-0.25, -0.2) is 9.97 Å². The molecule has 0 saturated heterocycles. The summed E-state index contributed by atoms with van der Waals surface area (Å²) in [6, 6.07) is 9.09. The third kappa shape index (κ3) is 5.59. The van der Waals surface area contributed by atoms with Gasteiger partial charge in [0.05, 0.1) is 5.56 Å². The SMILES string of the molecule is CN=C(NCCc1ccc(C(F)(F)F)cc1)NCc1ccc(-n2ccnc2C)nc1. The summed E-state index contributed by atoms with van der Waals surface area (Å²) < 4.78 is 39.7. The maximum atomic E-state index is 12.6. The number of rotatable bonds is 6. The number of hydrogen-bond donors (Lipinski definition) is 2. The van der Waals surface area contributed by atoms with Gasteiger partial charge in [-0.1, -0.05) is 18.2 Å². The number of nitrogens with zero attached hydrogens (tertiary/aromatic N) is 4. The van der Waals surface area contributed by atoms with Gasteiger partial charge in [-0.2, -0.15) is 13.2 Å². The van der Waals surface area contributed by atoms with E-state index in [1.807, 2.05) is 29.8 Å². The van der Waals surface area contributed by atoms with E-state index in [4.69, 9.17) is 0 Å². The van der Waals surface area contributed by atoms with Crippen LogP contribution in [0, 0.1) is 6.92 Å². The zero-order chi connectivity index (χ0) is 21.6. The van der Waals surface area contributed by atoms with Crippen molar-refractivity contribution in [3.63, 3.8) is 0 Å². The summed E-state index contributed by atoms with van der Waals surface area (Å²) >= 11 is 0. The lowest BCUT2D eigenvalue weighted by Gasteiger charge is -2.13. The van der Waals surface area contributed by atoms with E-state index in [-0.39, 0.29) is 0 Å². The zero-order valence-electron chi connectivity index (χ0n) is 16.7. The Kier molecular flexibility index (Phi) is 6.71. The molecule has 6 nitrogen and oxygen atoms in total. The van der Waals surface area contributed by atoms with Gasteiger partial charge < -0.3 is 10.6 Å². The second-order valence-electron chi connectivity index (χ2n) is 6.67. The summed E-state index contributed by atoms with van der Waals surface area (Å²) in [6.45, 7) is 3.00. The van der Waals surface area contributed by atoms with E-state index >= 15 is 0 Å². The molecule has 0 aliphatic rings. The van der Waals surface area contributed by atoms with Crippen molar-refractivity contribution in [3.8, 4) is 5.82 Å². The van der Waals surface area contributed by atoms with E-state index in [9.17, 15) is 13.2 Å². The largest absolute Gasteiger partial charge is 0.416 e. The van der Waals surface area contributed by atoms with E-state index in [2.05, 4.69) is 25.6 Å². The van der Waals surface area contributed by atoms with E-state index < -0.39 is 11.7 Å². The van der Waals surface area contributed by atoms with Crippen LogP contribution in [0.15, 0.2) is 60.0 Å². The maximum absolute atomic E-state index is 12.6. The predicted octanol–water partition coefficient (Wildman–Crippen LogP) is 3.50. The number of guanidine groups is 1. The van der Waals surface area contributed by atoms with Crippen LogP contribution in [0.5, 0.6) is 0 Å². The third-order valence-corrected chi connectivity index (χ3v) is 4.55. The Morgan fingerprint density at radius 3 is 2.33 bits per heavy atom. The molecule has 0 fully saturated rings. The quantitative estimate of drug-likeness (QED) is 0.477. The van der Waals surface area contributed by atoms with Gasteiger partial charge in [0.2, 0.25) is 0 Å². The summed E-state index contributed by atoms with van der Waals surface area (Å²) in [6.07, 6.45) is 1.65. The maximum Gasteiger partial charge on any atom is 0.416 e. The molecule has 3 aromatic rings. The number of pyridine rings is 1. The molecule has 0 aliphatic carbocycles. The average molecular weight is 416 g/mol. The highest BCUT2D eigenvalue weighted by molar-refractivity contribution is 5.79. The molecular formula is C21H23F3N6. The number of aromatic nitrogens is 3. The number of aliphatic imine (C=N–C) groups is 1. The number of benzene rings is 1. The van der Waals surface area contributed by atoms with Gasteiger partial charge in [-0.3, -0.25) is 9.56 Å². The number of halogens is 3. The number of aryl methyl sites for hydroxylation is 1. The minimum atomic E-state index is -4.31. The second kappa shape index (κ2) is 9.43. The van der Waals surface area contributed by atoms with E-state index in [0.29, 0.717) is 25.5 Å². The number of hydrogen-bond acceptors (Lipinski definition) is 3. The zero-order valence-corrected chi connectivity index (χ0v) is 16.7.